The van der Waals surface area contributed by atoms with Crippen molar-refractivity contribution in [1.82, 2.24) is 10.2 Å². The number of carbonyl (C=O) groups excluding carboxylic acids is 2. The molecule has 1 N–H and O–H groups in total. The van der Waals surface area contributed by atoms with Crippen LogP contribution in [0.3, 0.4) is 0 Å². The molecule has 12 heteroatoms. The normalized spacial score (nSPS) is 11.9. The van der Waals surface area contributed by atoms with E-state index in [0.717, 1.165) is 4.31 Å². The van der Waals surface area contributed by atoms with E-state index in [1.807, 2.05) is 6.92 Å². The minimum Gasteiger partial charge on any atom is -0.494 e. The SMILES string of the molecule is CCOc1ccc(N(CC(=O)N(Cc2c(Cl)cccc2Cl)C(C)C(=O)NC)S(=O)(=O)c2ccc(Cl)cc2)cc1. The Balaban J connectivity index is 2.06. The van der Waals surface area contributed by atoms with Gasteiger partial charge in [-0.2, -0.15) is 0 Å². The van der Waals surface area contributed by atoms with Crippen molar-refractivity contribution in [2.24, 2.45) is 0 Å². The largest absolute Gasteiger partial charge is 0.494 e. The molecule has 0 saturated heterocycles. The summed E-state index contributed by atoms with van der Waals surface area (Å²) in [5.74, 6) is -0.548. The molecule has 0 heterocycles. The van der Waals surface area contributed by atoms with Gasteiger partial charge in [-0.15, -0.1) is 0 Å². The van der Waals surface area contributed by atoms with Gasteiger partial charge in [0.15, 0.2) is 0 Å². The lowest BCUT2D eigenvalue weighted by Crippen LogP contribution is -2.50. The molecule has 2 amide bonds. The van der Waals surface area contributed by atoms with Crippen molar-refractivity contribution >= 4 is 62.3 Å². The maximum atomic E-state index is 13.8. The van der Waals surface area contributed by atoms with Gasteiger partial charge in [-0.1, -0.05) is 40.9 Å². The highest BCUT2D eigenvalue weighted by Crippen LogP contribution is 2.29. The molecule has 208 valence electrons. The summed E-state index contributed by atoms with van der Waals surface area (Å²) >= 11 is 18.7. The van der Waals surface area contributed by atoms with E-state index in [1.54, 1.807) is 42.5 Å². The molecule has 0 spiro atoms. The number of rotatable bonds is 11. The van der Waals surface area contributed by atoms with Crippen molar-refractivity contribution in [3.8, 4) is 5.75 Å². The molecule has 0 radical (unpaired) electrons. The van der Waals surface area contributed by atoms with Crippen LogP contribution in [-0.4, -0.2) is 51.4 Å². The molecule has 0 aliphatic rings. The summed E-state index contributed by atoms with van der Waals surface area (Å²) < 4.78 is 34.1. The minimum absolute atomic E-state index is 0.0615. The zero-order valence-corrected chi connectivity index (χ0v) is 24.6. The topological polar surface area (TPSA) is 96.0 Å². The van der Waals surface area contributed by atoms with Crippen molar-refractivity contribution in [1.29, 1.82) is 0 Å². The van der Waals surface area contributed by atoms with E-state index in [-0.39, 0.29) is 17.1 Å². The highest BCUT2D eigenvalue weighted by Gasteiger charge is 2.33. The van der Waals surface area contributed by atoms with Crippen LogP contribution in [0.15, 0.2) is 71.6 Å². The standard InChI is InChI=1S/C27H28Cl3N3O5S/c1-4-38-21-12-10-20(11-13-21)33(39(36,37)22-14-8-19(28)9-15-22)17-26(34)32(18(2)27(35)31-3)16-23-24(29)6-5-7-25(23)30/h5-15,18H,4,16-17H2,1-3H3,(H,31,35). The molecule has 0 saturated carbocycles. The lowest BCUT2D eigenvalue weighted by Gasteiger charge is -2.32. The number of amides is 2. The molecule has 0 fully saturated rings. The predicted octanol–water partition coefficient (Wildman–Crippen LogP) is 5.40. The number of nitrogens with one attached hydrogen (secondary N) is 1. The Labute approximate surface area is 243 Å². The molecular weight excluding hydrogens is 585 g/mol. The van der Waals surface area contributed by atoms with Crippen molar-refractivity contribution in [2.75, 3.05) is 24.5 Å². The Morgan fingerprint density at radius 3 is 2.08 bits per heavy atom. The molecule has 8 nitrogen and oxygen atoms in total. The average molecular weight is 613 g/mol. The minimum atomic E-state index is -4.23. The Kier molecular flexibility index (Phi) is 10.5. The van der Waals surface area contributed by atoms with Crippen LogP contribution in [0, 0.1) is 0 Å². The molecule has 39 heavy (non-hydrogen) atoms. The maximum Gasteiger partial charge on any atom is 0.264 e. The lowest BCUT2D eigenvalue weighted by molar-refractivity contribution is -0.139. The van der Waals surface area contributed by atoms with E-state index in [1.165, 1.54) is 43.1 Å². The van der Waals surface area contributed by atoms with Gasteiger partial charge >= 0.3 is 0 Å². The summed E-state index contributed by atoms with van der Waals surface area (Å²) in [5, 5.41) is 3.50. The summed E-state index contributed by atoms with van der Waals surface area (Å²) in [4.78, 5) is 27.6. The summed E-state index contributed by atoms with van der Waals surface area (Å²) in [7, 11) is -2.79. The monoisotopic (exact) mass is 611 g/mol. The van der Waals surface area contributed by atoms with Crippen LogP contribution < -0.4 is 14.4 Å². The van der Waals surface area contributed by atoms with Crippen molar-refractivity contribution < 1.29 is 22.7 Å². The molecule has 1 atom stereocenters. The average Bonchev–Trinajstić information content (AvgIpc) is 2.91. The first kappa shape index (κ1) is 30.6. The fourth-order valence-electron chi connectivity index (χ4n) is 3.78. The van der Waals surface area contributed by atoms with E-state index >= 15 is 0 Å². The number of ether oxygens (including phenoxy) is 1. The predicted molar refractivity (Wildman–Crippen MR) is 154 cm³/mol. The van der Waals surface area contributed by atoms with Gasteiger partial charge in [-0.25, -0.2) is 8.42 Å². The van der Waals surface area contributed by atoms with Crippen LogP contribution in [0.4, 0.5) is 5.69 Å². The summed E-state index contributed by atoms with van der Waals surface area (Å²) in [5.41, 5.74) is 0.656. The zero-order chi connectivity index (χ0) is 28.7. The number of hydrogen-bond acceptors (Lipinski definition) is 5. The number of nitrogens with zero attached hydrogens (tertiary/aromatic N) is 2. The van der Waals surface area contributed by atoms with Crippen molar-refractivity contribution in [2.45, 2.75) is 31.3 Å². The third-order valence-corrected chi connectivity index (χ3v) is 8.67. The second-order valence-corrected chi connectivity index (χ2v) is 11.5. The van der Waals surface area contributed by atoms with Crippen LogP contribution in [0.1, 0.15) is 19.4 Å². The number of likely N-dealkylation sites (N-methyl/N-ethyl adjacent to an activating group) is 1. The molecule has 3 rings (SSSR count). The van der Waals surface area contributed by atoms with E-state index in [2.05, 4.69) is 5.32 Å². The third-order valence-electron chi connectivity index (χ3n) is 5.92. The van der Waals surface area contributed by atoms with Crippen molar-refractivity contribution in [3.05, 3.63) is 87.4 Å². The van der Waals surface area contributed by atoms with Gasteiger partial charge in [0.2, 0.25) is 11.8 Å². The van der Waals surface area contributed by atoms with Gasteiger partial charge < -0.3 is 15.0 Å². The molecule has 0 aromatic heterocycles. The van der Waals surface area contributed by atoms with Gasteiger partial charge in [0.25, 0.3) is 10.0 Å². The van der Waals surface area contributed by atoms with Crippen LogP contribution in [0.2, 0.25) is 15.1 Å². The van der Waals surface area contributed by atoms with Crippen LogP contribution in [0.5, 0.6) is 5.75 Å². The van der Waals surface area contributed by atoms with E-state index < -0.39 is 34.4 Å². The second kappa shape index (κ2) is 13.4. The zero-order valence-electron chi connectivity index (χ0n) is 21.5. The summed E-state index contributed by atoms with van der Waals surface area (Å²) in [6.45, 7) is 3.07. The first-order valence-corrected chi connectivity index (χ1v) is 14.5. The van der Waals surface area contributed by atoms with Gasteiger partial charge in [-0.05, 0) is 74.5 Å². The van der Waals surface area contributed by atoms with Crippen LogP contribution in [-0.2, 0) is 26.2 Å². The fourth-order valence-corrected chi connectivity index (χ4v) is 5.84. The van der Waals surface area contributed by atoms with Gasteiger partial charge in [0.1, 0.15) is 18.3 Å². The Morgan fingerprint density at radius 1 is 0.949 bits per heavy atom. The summed E-state index contributed by atoms with van der Waals surface area (Å²) in [6, 6.07) is 15.9. The van der Waals surface area contributed by atoms with Crippen LogP contribution in [0.25, 0.3) is 0 Å². The first-order valence-electron chi connectivity index (χ1n) is 11.9. The van der Waals surface area contributed by atoms with Gasteiger partial charge in [0.05, 0.1) is 17.2 Å². The highest BCUT2D eigenvalue weighted by atomic mass is 35.5. The van der Waals surface area contributed by atoms with E-state index in [4.69, 9.17) is 39.5 Å². The molecule has 1 unspecified atom stereocenters. The quantitative estimate of drug-likeness (QED) is 0.313. The van der Waals surface area contributed by atoms with E-state index in [9.17, 15) is 18.0 Å². The molecule has 0 aliphatic heterocycles. The molecular formula is C27H28Cl3N3O5S. The van der Waals surface area contributed by atoms with Gasteiger partial charge in [0, 0.05) is 34.2 Å². The Bertz CT molecular complexity index is 1400. The smallest absolute Gasteiger partial charge is 0.264 e. The Hall–Kier alpha value is -2.98. The van der Waals surface area contributed by atoms with Crippen LogP contribution >= 0.6 is 34.8 Å². The number of anilines is 1. The van der Waals surface area contributed by atoms with E-state index in [0.29, 0.717) is 33.0 Å². The fraction of sp³-hybridized carbons (Fsp3) is 0.259. The molecule has 3 aromatic carbocycles. The van der Waals surface area contributed by atoms with Gasteiger partial charge in [-0.3, -0.25) is 13.9 Å². The number of halogens is 3. The molecule has 0 aliphatic carbocycles. The Morgan fingerprint density at radius 2 is 1.54 bits per heavy atom. The van der Waals surface area contributed by atoms with Crippen molar-refractivity contribution in [3.63, 3.8) is 0 Å². The summed E-state index contributed by atoms with van der Waals surface area (Å²) in [6.07, 6.45) is 0. The number of carbonyl (C=O) groups is 2. The number of hydrogen-bond donors (Lipinski definition) is 1. The molecule has 0 bridgehead atoms. The number of benzene rings is 3. The highest BCUT2D eigenvalue weighted by molar-refractivity contribution is 7.92. The number of sulfonamides is 1. The lowest BCUT2D eigenvalue weighted by atomic mass is 10.1. The maximum absolute atomic E-state index is 13.8. The molecule has 3 aromatic rings. The second-order valence-electron chi connectivity index (χ2n) is 8.40. The first-order chi connectivity index (χ1) is 18.5. The third kappa shape index (κ3) is 7.36.